The van der Waals surface area contributed by atoms with Crippen molar-refractivity contribution in [2.45, 2.75) is 136 Å². The second kappa shape index (κ2) is 21.0. The molecule has 0 saturated heterocycles. The molecule has 3 aromatic carbocycles. The minimum atomic E-state index is 0.420. The largest absolute Gasteiger partial charge is 0.494 e. The molecule has 0 spiro atoms. The zero-order valence-electron chi connectivity index (χ0n) is 28.0. The van der Waals surface area contributed by atoms with Gasteiger partial charge < -0.3 is 9.47 Å². The highest BCUT2D eigenvalue weighted by Crippen LogP contribution is 2.33. The molecule has 0 aliphatic heterocycles. The monoisotopic (exact) mass is 584 g/mol. The normalized spacial score (nSPS) is 11.3. The third-order valence-electron chi connectivity index (χ3n) is 8.56. The number of hydrogen-bond donors (Lipinski definition) is 0. The Labute approximate surface area is 264 Å². The topological polar surface area (TPSA) is 18.5 Å². The highest BCUT2D eigenvalue weighted by Gasteiger charge is 2.11. The van der Waals surface area contributed by atoms with E-state index in [1.807, 2.05) is 0 Å². The summed E-state index contributed by atoms with van der Waals surface area (Å²) in [6.45, 7) is 10.7. The van der Waals surface area contributed by atoms with E-state index >= 15 is 0 Å². The molecule has 0 amide bonds. The first kappa shape index (κ1) is 34.7. The molecule has 2 nitrogen and oxygen atoms in total. The van der Waals surface area contributed by atoms with Crippen molar-refractivity contribution in [2.75, 3.05) is 13.2 Å². The maximum atomic E-state index is 6.27. The lowest BCUT2D eigenvalue weighted by Gasteiger charge is -2.16. The highest BCUT2D eigenvalue weighted by atomic mass is 16.5. The Morgan fingerprint density at radius 1 is 0.442 bits per heavy atom. The van der Waals surface area contributed by atoms with Gasteiger partial charge in [-0.2, -0.15) is 0 Å². The lowest BCUT2D eigenvalue weighted by molar-refractivity contribution is 0.300. The average molecular weight is 585 g/mol. The van der Waals surface area contributed by atoms with Crippen LogP contribution in [-0.2, 0) is 0 Å². The highest BCUT2D eigenvalue weighted by molar-refractivity contribution is 5.71. The van der Waals surface area contributed by atoms with Crippen LogP contribution >= 0.6 is 0 Å². The molecule has 0 heterocycles. The molecule has 0 unspecified atom stereocenters. The first-order valence-corrected chi connectivity index (χ1v) is 17.7. The summed E-state index contributed by atoms with van der Waals surface area (Å²) in [6.07, 6.45) is 21.2. The number of unbranched alkanes of at least 4 members (excludes halogenated alkanes) is 14. The SMILES string of the molecule is CCCCCCCCCCOc1ccc(-c2ccc(-c3ccc(OCCCCCCCCCC)c(C(C)C)c3)cc2)cc1. The first-order valence-electron chi connectivity index (χ1n) is 17.7. The van der Waals surface area contributed by atoms with Gasteiger partial charge in [0.25, 0.3) is 0 Å². The molecule has 43 heavy (non-hydrogen) atoms. The summed E-state index contributed by atoms with van der Waals surface area (Å²) in [5, 5.41) is 0. The smallest absolute Gasteiger partial charge is 0.122 e. The van der Waals surface area contributed by atoms with Crippen molar-refractivity contribution in [2.24, 2.45) is 0 Å². The molecule has 2 heteroatoms. The molecular formula is C41H60O2. The maximum absolute atomic E-state index is 6.27. The summed E-state index contributed by atoms with van der Waals surface area (Å²) in [5.41, 5.74) is 6.24. The van der Waals surface area contributed by atoms with Crippen LogP contribution in [0.3, 0.4) is 0 Å². The summed E-state index contributed by atoms with van der Waals surface area (Å²) < 4.78 is 12.3. The molecule has 236 valence electrons. The van der Waals surface area contributed by atoms with Crippen LogP contribution < -0.4 is 9.47 Å². The van der Waals surface area contributed by atoms with Crippen molar-refractivity contribution in [3.05, 3.63) is 72.3 Å². The van der Waals surface area contributed by atoms with Gasteiger partial charge >= 0.3 is 0 Å². The second-order valence-electron chi connectivity index (χ2n) is 12.7. The second-order valence-corrected chi connectivity index (χ2v) is 12.7. The van der Waals surface area contributed by atoms with Crippen molar-refractivity contribution in [1.29, 1.82) is 0 Å². The molecule has 3 aromatic rings. The van der Waals surface area contributed by atoms with Gasteiger partial charge in [0.2, 0.25) is 0 Å². The van der Waals surface area contributed by atoms with Crippen molar-refractivity contribution in [3.63, 3.8) is 0 Å². The Hall–Kier alpha value is -2.74. The molecule has 0 aliphatic carbocycles. The predicted octanol–water partition coefficient (Wildman–Crippen LogP) is 13.2. The van der Waals surface area contributed by atoms with Crippen molar-refractivity contribution < 1.29 is 9.47 Å². The molecular weight excluding hydrogens is 524 g/mol. The summed E-state index contributed by atoms with van der Waals surface area (Å²) in [4.78, 5) is 0. The molecule has 0 N–H and O–H groups in total. The molecule has 0 atom stereocenters. The van der Waals surface area contributed by atoms with Gasteiger partial charge in [0.05, 0.1) is 13.2 Å². The van der Waals surface area contributed by atoms with Gasteiger partial charge in [0, 0.05) is 0 Å². The van der Waals surface area contributed by atoms with Crippen LogP contribution in [-0.4, -0.2) is 13.2 Å². The molecule has 0 aliphatic rings. The van der Waals surface area contributed by atoms with Gasteiger partial charge in [-0.1, -0.05) is 160 Å². The van der Waals surface area contributed by atoms with E-state index in [9.17, 15) is 0 Å². The number of ether oxygens (including phenoxy) is 2. The van der Waals surface area contributed by atoms with Crippen LogP contribution in [0.5, 0.6) is 11.5 Å². The van der Waals surface area contributed by atoms with Crippen LogP contribution in [0.15, 0.2) is 66.7 Å². The van der Waals surface area contributed by atoms with Gasteiger partial charge in [0.1, 0.15) is 11.5 Å². The van der Waals surface area contributed by atoms with E-state index in [-0.39, 0.29) is 0 Å². The van der Waals surface area contributed by atoms with Gasteiger partial charge in [-0.25, -0.2) is 0 Å². The fraction of sp³-hybridized carbons (Fsp3) is 0.561. The molecule has 3 rings (SSSR count). The van der Waals surface area contributed by atoms with Gasteiger partial charge in [0.15, 0.2) is 0 Å². The Kier molecular flexibility index (Phi) is 17.0. The fourth-order valence-electron chi connectivity index (χ4n) is 5.75. The summed E-state index contributed by atoms with van der Waals surface area (Å²) in [7, 11) is 0. The Morgan fingerprint density at radius 2 is 0.837 bits per heavy atom. The standard InChI is InChI=1S/C41H60O2/c1-5-7-9-11-13-15-17-19-31-42-39-28-25-36(26-29-39)35-21-23-37(24-22-35)38-27-30-41(40(33-38)34(3)4)43-32-20-18-16-14-12-10-8-6-2/h21-30,33-34H,5-20,31-32H2,1-4H3. The predicted molar refractivity (Wildman–Crippen MR) is 188 cm³/mol. The first-order chi connectivity index (χ1) is 21.1. The van der Waals surface area contributed by atoms with E-state index in [1.165, 1.54) is 118 Å². The lowest BCUT2D eigenvalue weighted by Crippen LogP contribution is -2.02. The van der Waals surface area contributed by atoms with Gasteiger partial charge in [-0.15, -0.1) is 0 Å². The third-order valence-corrected chi connectivity index (χ3v) is 8.56. The third kappa shape index (κ3) is 13.2. The Balaban J connectivity index is 1.45. The van der Waals surface area contributed by atoms with Crippen LogP contribution in [0.2, 0.25) is 0 Å². The Morgan fingerprint density at radius 3 is 1.33 bits per heavy atom. The number of benzene rings is 3. The van der Waals surface area contributed by atoms with Gasteiger partial charge in [-0.05, 0) is 70.8 Å². The maximum Gasteiger partial charge on any atom is 0.122 e. The molecule has 0 radical (unpaired) electrons. The fourth-order valence-corrected chi connectivity index (χ4v) is 5.75. The molecule has 0 bridgehead atoms. The zero-order valence-corrected chi connectivity index (χ0v) is 28.0. The molecule has 0 aromatic heterocycles. The van der Waals surface area contributed by atoms with E-state index in [0.29, 0.717) is 5.92 Å². The summed E-state index contributed by atoms with van der Waals surface area (Å²) in [6, 6.07) is 24.2. The van der Waals surface area contributed by atoms with Crippen molar-refractivity contribution >= 4 is 0 Å². The zero-order chi connectivity index (χ0) is 30.5. The van der Waals surface area contributed by atoms with Crippen LogP contribution in [0.25, 0.3) is 22.3 Å². The van der Waals surface area contributed by atoms with Crippen molar-refractivity contribution in [3.8, 4) is 33.8 Å². The lowest BCUT2D eigenvalue weighted by atomic mass is 9.95. The molecule has 0 fully saturated rings. The van der Waals surface area contributed by atoms with E-state index in [1.54, 1.807) is 0 Å². The van der Waals surface area contributed by atoms with Crippen LogP contribution in [0.1, 0.15) is 142 Å². The van der Waals surface area contributed by atoms with E-state index < -0.39 is 0 Å². The summed E-state index contributed by atoms with van der Waals surface area (Å²) in [5.74, 6) is 2.43. The Bertz CT molecular complexity index is 1110. The van der Waals surface area contributed by atoms with E-state index in [4.69, 9.17) is 9.47 Å². The number of rotatable bonds is 23. The minimum Gasteiger partial charge on any atom is -0.494 e. The molecule has 0 saturated carbocycles. The average Bonchev–Trinajstić information content (AvgIpc) is 3.03. The van der Waals surface area contributed by atoms with E-state index in [0.717, 1.165) is 37.6 Å². The minimum absolute atomic E-state index is 0.420. The van der Waals surface area contributed by atoms with Crippen LogP contribution in [0.4, 0.5) is 0 Å². The van der Waals surface area contributed by atoms with Crippen molar-refractivity contribution in [1.82, 2.24) is 0 Å². The number of hydrogen-bond acceptors (Lipinski definition) is 2. The quantitative estimate of drug-likeness (QED) is 0.103. The van der Waals surface area contributed by atoms with E-state index in [2.05, 4.69) is 94.4 Å². The van der Waals surface area contributed by atoms with Gasteiger partial charge in [-0.3, -0.25) is 0 Å². The summed E-state index contributed by atoms with van der Waals surface area (Å²) >= 11 is 0. The van der Waals surface area contributed by atoms with Crippen LogP contribution in [0, 0.1) is 0 Å².